The van der Waals surface area contributed by atoms with Crippen LogP contribution in [0.4, 0.5) is 0 Å². The number of hydrogen-bond acceptors (Lipinski definition) is 6. The monoisotopic (exact) mass is 399 g/mol. The van der Waals surface area contributed by atoms with Gasteiger partial charge < -0.3 is 9.47 Å². The molecule has 4 aromatic rings. The number of aromatic nitrogens is 3. The van der Waals surface area contributed by atoms with E-state index in [2.05, 4.69) is 10.2 Å². The topological polar surface area (TPSA) is 65.7 Å². The molecule has 4 rings (SSSR count). The summed E-state index contributed by atoms with van der Waals surface area (Å²) in [4.78, 5) is 13.5. The summed E-state index contributed by atoms with van der Waals surface area (Å²) in [5, 5.41) is 8.78. The van der Waals surface area contributed by atoms with E-state index in [0.29, 0.717) is 37.4 Å². The van der Waals surface area contributed by atoms with Gasteiger partial charge in [0.1, 0.15) is 11.5 Å². The Kier molecular flexibility index (Phi) is 4.55. The van der Waals surface area contributed by atoms with Gasteiger partial charge in [-0.1, -0.05) is 35.1 Å². The van der Waals surface area contributed by atoms with Crippen molar-refractivity contribution in [2.24, 2.45) is 0 Å². The van der Waals surface area contributed by atoms with Crippen molar-refractivity contribution < 1.29 is 9.47 Å². The average Bonchev–Trinajstić information content (AvgIpc) is 3.23. The molecule has 0 atom stereocenters. The van der Waals surface area contributed by atoms with E-state index in [0.717, 1.165) is 5.56 Å². The zero-order valence-electron chi connectivity index (χ0n) is 14.5. The van der Waals surface area contributed by atoms with Crippen LogP contribution in [0.2, 0.25) is 5.02 Å². The molecular formula is C19H14ClN3O3S. The zero-order chi connectivity index (χ0) is 19.0. The highest BCUT2D eigenvalue weighted by Gasteiger charge is 2.16. The highest BCUT2D eigenvalue weighted by Crippen LogP contribution is 2.27. The van der Waals surface area contributed by atoms with Crippen molar-refractivity contribution in [3.05, 3.63) is 67.9 Å². The summed E-state index contributed by atoms with van der Waals surface area (Å²) in [5.74, 6) is 1.72. The van der Waals surface area contributed by atoms with Crippen LogP contribution in [0.5, 0.6) is 11.5 Å². The van der Waals surface area contributed by atoms with Crippen LogP contribution in [0.1, 0.15) is 5.56 Å². The number of hydrogen-bond donors (Lipinski definition) is 0. The highest BCUT2D eigenvalue weighted by atomic mass is 35.5. The Morgan fingerprint density at radius 2 is 1.93 bits per heavy atom. The summed E-state index contributed by atoms with van der Waals surface area (Å²) in [6, 6.07) is 12.7. The third-order valence-corrected chi connectivity index (χ3v) is 5.38. The molecule has 0 N–H and O–H groups in total. The van der Waals surface area contributed by atoms with Crippen molar-refractivity contribution in [3.8, 4) is 22.9 Å². The van der Waals surface area contributed by atoms with Gasteiger partial charge in [0.2, 0.25) is 4.96 Å². The first-order chi connectivity index (χ1) is 13.1. The Bertz CT molecular complexity index is 1250. The van der Waals surface area contributed by atoms with Gasteiger partial charge >= 0.3 is 0 Å². The lowest BCUT2D eigenvalue weighted by Crippen LogP contribution is -2.23. The maximum atomic E-state index is 13.0. The summed E-state index contributed by atoms with van der Waals surface area (Å²) in [5.41, 5.74) is 1.23. The van der Waals surface area contributed by atoms with E-state index in [1.165, 1.54) is 15.7 Å². The van der Waals surface area contributed by atoms with Gasteiger partial charge in [0.25, 0.3) is 5.56 Å². The Hall–Kier alpha value is -2.90. The lowest BCUT2D eigenvalue weighted by Gasteiger charge is -2.06. The van der Waals surface area contributed by atoms with Crippen LogP contribution in [-0.2, 0) is 0 Å². The van der Waals surface area contributed by atoms with E-state index < -0.39 is 0 Å². The first kappa shape index (κ1) is 17.5. The average molecular weight is 400 g/mol. The molecule has 2 aromatic carbocycles. The minimum absolute atomic E-state index is 0.201. The summed E-state index contributed by atoms with van der Waals surface area (Å²) < 4.78 is 12.6. The first-order valence-electron chi connectivity index (χ1n) is 7.99. The van der Waals surface area contributed by atoms with Crippen LogP contribution in [-0.4, -0.2) is 28.8 Å². The fourth-order valence-electron chi connectivity index (χ4n) is 2.76. The second kappa shape index (κ2) is 7.02. The van der Waals surface area contributed by atoms with Gasteiger partial charge in [-0.2, -0.15) is 0 Å². The highest BCUT2D eigenvalue weighted by molar-refractivity contribution is 7.15. The van der Waals surface area contributed by atoms with Gasteiger partial charge in [-0.05, 0) is 30.3 Å². The molecule has 6 nitrogen and oxygen atoms in total. The molecule has 2 aromatic heterocycles. The van der Waals surface area contributed by atoms with Crippen LogP contribution in [0.3, 0.4) is 0 Å². The van der Waals surface area contributed by atoms with Crippen molar-refractivity contribution in [2.45, 2.75) is 0 Å². The maximum Gasteiger partial charge on any atom is 0.276 e. The minimum Gasteiger partial charge on any atom is -0.497 e. The number of rotatable bonds is 4. The molecular weight excluding hydrogens is 386 g/mol. The van der Waals surface area contributed by atoms with Gasteiger partial charge in [0, 0.05) is 17.2 Å². The third-order valence-electron chi connectivity index (χ3n) is 4.09. The summed E-state index contributed by atoms with van der Waals surface area (Å²) in [7, 11) is 3.16. The predicted octanol–water partition coefficient (Wildman–Crippen LogP) is 3.04. The first-order valence-corrected chi connectivity index (χ1v) is 9.18. The summed E-state index contributed by atoms with van der Waals surface area (Å²) in [6.07, 6.45) is 1.77. The fourth-order valence-corrected chi connectivity index (χ4v) is 3.88. The number of thiazole rings is 1. The van der Waals surface area contributed by atoms with Gasteiger partial charge in [0.05, 0.1) is 23.8 Å². The van der Waals surface area contributed by atoms with Crippen LogP contribution in [0.15, 0.2) is 47.3 Å². The zero-order valence-corrected chi connectivity index (χ0v) is 16.0. The number of benzene rings is 2. The SMILES string of the molecule is COc1ccc(/C=c2/sc3nnc(-c4ccccc4Cl)n3c2=O)c(OC)c1. The van der Waals surface area contributed by atoms with Gasteiger partial charge in [-0.15, -0.1) is 10.2 Å². The number of fused-ring (bicyclic) bond motifs is 1. The molecule has 0 saturated heterocycles. The fraction of sp³-hybridized carbons (Fsp3) is 0.105. The van der Waals surface area contributed by atoms with Gasteiger partial charge in [-0.3, -0.25) is 4.79 Å². The van der Waals surface area contributed by atoms with Crippen molar-refractivity contribution in [1.29, 1.82) is 0 Å². The van der Waals surface area contributed by atoms with Crippen LogP contribution >= 0.6 is 22.9 Å². The molecule has 0 saturated carbocycles. The standard InChI is InChI=1S/C19H14ClN3O3S/c1-25-12-8-7-11(15(10-12)26-2)9-16-18(24)23-17(21-22-19(23)27-16)13-5-3-4-6-14(13)20/h3-10H,1-2H3/b16-9+. The largest absolute Gasteiger partial charge is 0.497 e. The molecule has 0 spiro atoms. The molecule has 0 radical (unpaired) electrons. The van der Waals surface area contributed by atoms with E-state index in [9.17, 15) is 4.79 Å². The number of ether oxygens (including phenoxy) is 2. The summed E-state index contributed by atoms with van der Waals surface area (Å²) in [6.45, 7) is 0. The molecule has 0 amide bonds. The van der Waals surface area contributed by atoms with Crippen molar-refractivity contribution >= 4 is 34.0 Å². The van der Waals surface area contributed by atoms with Gasteiger partial charge in [0.15, 0.2) is 5.82 Å². The van der Waals surface area contributed by atoms with E-state index in [1.54, 1.807) is 32.4 Å². The van der Waals surface area contributed by atoms with Crippen molar-refractivity contribution in [1.82, 2.24) is 14.6 Å². The number of methoxy groups -OCH3 is 2. The van der Waals surface area contributed by atoms with E-state index in [-0.39, 0.29) is 5.56 Å². The minimum atomic E-state index is -0.201. The molecule has 0 bridgehead atoms. The van der Waals surface area contributed by atoms with Crippen LogP contribution in [0, 0.1) is 0 Å². The number of halogens is 1. The summed E-state index contributed by atoms with van der Waals surface area (Å²) >= 11 is 7.52. The molecule has 0 aliphatic carbocycles. The maximum absolute atomic E-state index is 13.0. The molecule has 0 aliphatic heterocycles. The normalized spacial score (nSPS) is 11.9. The molecule has 27 heavy (non-hydrogen) atoms. The smallest absolute Gasteiger partial charge is 0.276 e. The third kappa shape index (κ3) is 3.05. The molecule has 136 valence electrons. The quantitative estimate of drug-likeness (QED) is 0.527. The molecule has 0 aliphatic rings. The van der Waals surface area contributed by atoms with E-state index in [4.69, 9.17) is 21.1 Å². The lowest BCUT2D eigenvalue weighted by atomic mass is 10.2. The molecule has 2 heterocycles. The Morgan fingerprint density at radius 3 is 2.67 bits per heavy atom. The van der Waals surface area contributed by atoms with Crippen molar-refractivity contribution in [2.75, 3.05) is 14.2 Å². The Labute approximate surface area is 163 Å². The van der Waals surface area contributed by atoms with E-state index >= 15 is 0 Å². The lowest BCUT2D eigenvalue weighted by molar-refractivity contribution is 0.393. The second-order valence-electron chi connectivity index (χ2n) is 5.65. The van der Waals surface area contributed by atoms with E-state index in [1.807, 2.05) is 30.3 Å². The van der Waals surface area contributed by atoms with Crippen molar-refractivity contribution in [3.63, 3.8) is 0 Å². The van der Waals surface area contributed by atoms with Gasteiger partial charge in [-0.25, -0.2) is 4.40 Å². The Balaban J connectivity index is 1.91. The molecule has 0 fully saturated rings. The Morgan fingerprint density at radius 1 is 1.11 bits per heavy atom. The number of nitrogens with zero attached hydrogens (tertiary/aromatic N) is 3. The second-order valence-corrected chi connectivity index (χ2v) is 7.06. The molecule has 0 unspecified atom stereocenters. The van der Waals surface area contributed by atoms with Crippen LogP contribution in [0.25, 0.3) is 22.4 Å². The molecule has 8 heteroatoms. The van der Waals surface area contributed by atoms with Crippen LogP contribution < -0.4 is 19.6 Å². The predicted molar refractivity (Wildman–Crippen MR) is 106 cm³/mol.